The second-order valence-corrected chi connectivity index (χ2v) is 2.53. The molecule has 0 aromatic rings. The lowest BCUT2D eigenvalue weighted by Gasteiger charge is -2.18. The molecule has 0 saturated carbocycles. The molecule has 0 aromatic carbocycles. The molecule has 0 aliphatic rings. The topological polar surface area (TPSA) is 26.3 Å². The van der Waals surface area contributed by atoms with E-state index in [2.05, 4.69) is 13.8 Å². The third-order valence-electron chi connectivity index (χ3n) is 1.88. The number of hydrogen-bond donors (Lipinski definition) is 0. The van der Waals surface area contributed by atoms with Crippen LogP contribution < -0.4 is 0 Å². The Bertz CT molecular complexity index is 91.3. The maximum Gasteiger partial charge on any atom is 0.417 e. The molecule has 1 radical (unpaired) electrons. The van der Waals surface area contributed by atoms with Gasteiger partial charge in [-0.2, -0.15) is 0 Å². The van der Waals surface area contributed by atoms with E-state index in [1.54, 1.807) is 0 Å². The Balaban J connectivity index is 3.67. The molecule has 59 valence electrons. The van der Waals surface area contributed by atoms with Gasteiger partial charge in [-0.25, -0.2) is 4.79 Å². The Morgan fingerprint density at radius 3 is 2.30 bits per heavy atom. The Kier molecular flexibility index (Phi) is 4.99. The highest BCUT2D eigenvalue weighted by Crippen LogP contribution is 2.13. The zero-order valence-electron chi connectivity index (χ0n) is 6.89. The van der Waals surface area contributed by atoms with Gasteiger partial charge in [-0.15, -0.1) is 0 Å². The minimum atomic E-state index is 0.0579. The number of rotatable bonds is 5. The average Bonchev–Trinajstić information content (AvgIpc) is 1.99. The summed E-state index contributed by atoms with van der Waals surface area (Å²) >= 11 is 0. The van der Waals surface area contributed by atoms with E-state index in [1.807, 2.05) is 6.92 Å². The zero-order chi connectivity index (χ0) is 7.98. The summed E-state index contributed by atoms with van der Waals surface area (Å²) in [5.74, 6) is 0.450. The second-order valence-electron chi connectivity index (χ2n) is 2.53. The van der Waals surface area contributed by atoms with Gasteiger partial charge in [0.25, 0.3) is 0 Å². The first kappa shape index (κ1) is 9.47. The average molecular weight is 143 g/mol. The Morgan fingerprint density at radius 1 is 1.40 bits per heavy atom. The Morgan fingerprint density at radius 2 is 2.00 bits per heavy atom. The Hall–Kier alpha value is -0.530. The van der Waals surface area contributed by atoms with E-state index in [1.165, 1.54) is 6.47 Å². The van der Waals surface area contributed by atoms with Crippen molar-refractivity contribution in [2.75, 3.05) is 0 Å². The summed E-state index contributed by atoms with van der Waals surface area (Å²) in [6.07, 6.45) is 1.98. The first-order valence-electron chi connectivity index (χ1n) is 3.79. The van der Waals surface area contributed by atoms with E-state index in [4.69, 9.17) is 4.74 Å². The monoisotopic (exact) mass is 143 g/mol. The molecule has 0 bridgehead atoms. The summed E-state index contributed by atoms with van der Waals surface area (Å²) in [4.78, 5) is 9.85. The predicted octanol–water partition coefficient (Wildman–Crippen LogP) is 1.89. The van der Waals surface area contributed by atoms with E-state index in [0.29, 0.717) is 5.92 Å². The summed E-state index contributed by atoms with van der Waals surface area (Å²) in [7, 11) is 0. The summed E-state index contributed by atoms with van der Waals surface area (Å²) in [5.41, 5.74) is 0. The van der Waals surface area contributed by atoms with Gasteiger partial charge in [-0.1, -0.05) is 27.2 Å². The van der Waals surface area contributed by atoms with E-state index in [9.17, 15) is 4.79 Å². The van der Waals surface area contributed by atoms with Crippen LogP contribution in [0.5, 0.6) is 0 Å². The fourth-order valence-electron chi connectivity index (χ4n) is 0.927. The first-order chi connectivity index (χ1) is 4.76. The minimum absolute atomic E-state index is 0.0579. The number of carbonyl (C=O) groups excluding carboxylic acids is 1. The van der Waals surface area contributed by atoms with Gasteiger partial charge in [-0.3, -0.25) is 0 Å². The molecule has 0 fully saturated rings. The first-order valence-corrected chi connectivity index (χ1v) is 3.79. The van der Waals surface area contributed by atoms with Crippen LogP contribution in [0.1, 0.15) is 33.6 Å². The zero-order valence-corrected chi connectivity index (χ0v) is 6.89. The highest BCUT2D eigenvalue weighted by Gasteiger charge is 2.13. The molecule has 0 spiro atoms. The SMILES string of the molecule is CCC(C)C(CC)O[C]=O. The molecule has 10 heavy (non-hydrogen) atoms. The van der Waals surface area contributed by atoms with Crippen LogP contribution in [0, 0.1) is 5.92 Å². The van der Waals surface area contributed by atoms with Crippen molar-refractivity contribution in [1.29, 1.82) is 0 Å². The van der Waals surface area contributed by atoms with E-state index < -0.39 is 0 Å². The lowest BCUT2D eigenvalue weighted by Crippen LogP contribution is -2.19. The van der Waals surface area contributed by atoms with Crippen molar-refractivity contribution in [3.63, 3.8) is 0 Å². The third kappa shape index (κ3) is 2.85. The van der Waals surface area contributed by atoms with Crippen LogP contribution in [-0.4, -0.2) is 12.6 Å². The highest BCUT2D eigenvalue weighted by atomic mass is 16.5. The quantitative estimate of drug-likeness (QED) is 0.587. The van der Waals surface area contributed by atoms with Crippen molar-refractivity contribution in [2.45, 2.75) is 39.7 Å². The lowest BCUT2D eigenvalue weighted by atomic mass is 10.0. The smallest absolute Gasteiger partial charge is 0.417 e. The fourth-order valence-corrected chi connectivity index (χ4v) is 0.927. The molecule has 2 unspecified atom stereocenters. The normalized spacial score (nSPS) is 15.9. The molecule has 0 amide bonds. The molecule has 2 atom stereocenters. The van der Waals surface area contributed by atoms with Gasteiger partial charge in [-0.05, 0) is 12.3 Å². The molecule has 0 aromatic heterocycles. The van der Waals surface area contributed by atoms with E-state index >= 15 is 0 Å². The summed E-state index contributed by atoms with van der Waals surface area (Å²) in [5, 5.41) is 0. The van der Waals surface area contributed by atoms with Crippen molar-refractivity contribution in [3.8, 4) is 0 Å². The lowest BCUT2D eigenvalue weighted by molar-refractivity contribution is 0.117. The molecule has 0 saturated heterocycles. The van der Waals surface area contributed by atoms with Crippen molar-refractivity contribution in [1.82, 2.24) is 0 Å². The highest BCUT2D eigenvalue weighted by molar-refractivity contribution is 5.38. The van der Waals surface area contributed by atoms with Gasteiger partial charge in [0.15, 0.2) is 0 Å². The number of ether oxygens (including phenoxy) is 1. The van der Waals surface area contributed by atoms with Crippen LogP contribution >= 0.6 is 0 Å². The second kappa shape index (κ2) is 5.27. The van der Waals surface area contributed by atoms with Crippen molar-refractivity contribution >= 4 is 6.47 Å². The van der Waals surface area contributed by atoms with Gasteiger partial charge >= 0.3 is 6.47 Å². The van der Waals surface area contributed by atoms with Crippen LogP contribution in [0.3, 0.4) is 0 Å². The molecule has 0 aliphatic carbocycles. The van der Waals surface area contributed by atoms with Crippen LogP contribution in [0.15, 0.2) is 0 Å². The van der Waals surface area contributed by atoms with Gasteiger partial charge in [0.05, 0.1) is 0 Å². The molecule has 0 aliphatic heterocycles. The van der Waals surface area contributed by atoms with Gasteiger partial charge < -0.3 is 4.74 Å². The predicted molar refractivity (Wildman–Crippen MR) is 40.3 cm³/mol. The van der Waals surface area contributed by atoms with Gasteiger partial charge in [0, 0.05) is 0 Å². The molecular formula is C8H15O2. The van der Waals surface area contributed by atoms with Crippen molar-refractivity contribution < 1.29 is 9.53 Å². The summed E-state index contributed by atoms with van der Waals surface area (Å²) < 4.78 is 4.74. The van der Waals surface area contributed by atoms with Crippen LogP contribution in [0.25, 0.3) is 0 Å². The summed E-state index contributed by atoms with van der Waals surface area (Å²) in [6, 6.07) is 0. The summed E-state index contributed by atoms with van der Waals surface area (Å²) in [6.45, 7) is 7.65. The molecule has 0 N–H and O–H groups in total. The van der Waals surface area contributed by atoms with E-state index in [0.717, 1.165) is 12.8 Å². The molecule has 2 heteroatoms. The molecule has 2 nitrogen and oxygen atoms in total. The van der Waals surface area contributed by atoms with Crippen LogP contribution in [0.4, 0.5) is 0 Å². The maximum atomic E-state index is 9.85. The fraction of sp³-hybridized carbons (Fsp3) is 0.875. The molecular weight excluding hydrogens is 128 g/mol. The largest absolute Gasteiger partial charge is 0.454 e. The molecule has 0 rings (SSSR count). The van der Waals surface area contributed by atoms with Crippen LogP contribution in [0.2, 0.25) is 0 Å². The van der Waals surface area contributed by atoms with Crippen molar-refractivity contribution in [3.05, 3.63) is 0 Å². The van der Waals surface area contributed by atoms with Crippen molar-refractivity contribution in [2.24, 2.45) is 5.92 Å². The maximum absolute atomic E-state index is 9.85. The van der Waals surface area contributed by atoms with E-state index in [-0.39, 0.29) is 6.10 Å². The molecule has 0 heterocycles. The van der Waals surface area contributed by atoms with Gasteiger partial charge in [0.2, 0.25) is 0 Å². The standard InChI is InChI=1S/C8H15O2/c1-4-7(3)8(5-2)10-6-9/h7-8H,4-5H2,1-3H3. The minimum Gasteiger partial charge on any atom is -0.454 e. The Labute approximate surface area is 62.6 Å². The third-order valence-corrected chi connectivity index (χ3v) is 1.88. The van der Waals surface area contributed by atoms with Crippen LogP contribution in [-0.2, 0) is 9.53 Å². The van der Waals surface area contributed by atoms with Gasteiger partial charge in [0.1, 0.15) is 6.10 Å². The number of hydrogen-bond acceptors (Lipinski definition) is 2.